The van der Waals surface area contributed by atoms with Crippen molar-refractivity contribution < 1.29 is 9.53 Å². The van der Waals surface area contributed by atoms with Crippen molar-refractivity contribution in [3.63, 3.8) is 0 Å². The molecule has 0 spiro atoms. The lowest BCUT2D eigenvalue weighted by molar-refractivity contribution is -0.122. The van der Waals surface area contributed by atoms with Gasteiger partial charge in [-0.15, -0.1) is 0 Å². The van der Waals surface area contributed by atoms with Crippen molar-refractivity contribution in [2.24, 2.45) is 0 Å². The summed E-state index contributed by atoms with van der Waals surface area (Å²) in [5.74, 6) is 0.646. The quantitative estimate of drug-likeness (QED) is 0.728. The van der Waals surface area contributed by atoms with Crippen molar-refractivity contribution in [1.29, 1.82) is 0 Å². The Morgan fingerprint density at radius 1 is 1.41 bits per heavy atom. The summed E-state index contributed by atoms with van der Waals surface area (Å²) in [7, 11) is 3.48. The van der Waals surface area contributed by atoms with Crippen LogP contribution in [0.5, 0.6) is 5.75 Å². The van der Waals surface area contributed by atoms with E-state index >= 15 is 0 Å². The standard InChI is InChI=1S/C13H20N2O2/c1-10(13(16)15-8-7-14-2)11-5-4-6-12(9-11)17-3/h4-6,9-10,14H,7-8H2,1-3H3,(H,15,16). The second-order valence-electron chi connectivity index (χ2n) is 3.89. The number of carbonyl (C=O) groups is 1. The summed E-state index contributed by atoms with van der Waals surface area (Å²) in [5.41, 5.74) is 0.964. The average Bonchev–Trinajstić information content (AvgIpc) is 2.38. The molecule has 0 fully saturated rings. The predicted molar refractivity (Wildman–Crippen MR) is 68.3 cm³/mol. The lowest BCUT2D eigenvalue weighted by Gasteiger charge is -2.13. The first-order valence-electron chi connectivity index (χ1n) is 5.75. The molecular formula is C13H20N2O2. The van der Waals surface area contributed by atoms with Crippen LogP contribution in [-0.2, 0) is 4.79 Å². The van der Waals surface area contributed by atoms with Crippen molar-refractivity contribution in [3.05, 3.63) is 29.8 Å². The van der Waals surface area contributed by atoms with Gasteiger partial charge >= 0.3 is 0 Å². The fraction of sp³-hybridized carbons (Fsp3) is 0.462. The molecule has 1 rings (SSSR count). The van der Waals surface area contributed by atoms with Crippen molar-refractivity contribution in [3.8, 4) is 5.75 Å². The number of hydrogen-bond acceptors (Lipinski definition) is 3. The fourth-order valence-corrected chi connectivity index (χ4v) is 1.53. The minimum Gasteiger partial charge on any atom is -0.497 e. The average molecular weight is 236 g/mol. The van der Waals surface area contributed by atoms with E-state index in [9.17, 15) is 4.79 Å². The minimum absolute atomic E-state index is 0.0357. The first kappa shape index (κ1) is 13.5. The Hall–Kier alpha value is -1.55. The molecule has 0 aromatic heterocycles. The Morgan fingerprint density at radius 3 is 2.82 bits per heavy atom. The Morgan fingerprint density at radius 2 is 2.18 bits per heavy atom. The zero-order valence-electron chi connectivity index (χ0n) is 10.6. The van der Waals surface area contributed by atoms with Gasteiger partial charge in [0, 0.05) is 13.1 Å². The van der Waals surface area contributed by atoms with Gasteiger partial charge in [-0.1, -0.05) is 12.1 Å². The highest BCUT2D eigenvalue weighted by molar-refractivity contribution is 5.83. The van der Waals surface area contributed by atoms with E-state index in [-0.39, 0.29) is 11.8 Å². The molecule has 0 aliphatic heterocycles. The van der Waals surface area contributed by atoms with Crippen LogP contribution in [0.1, 0.15) is 18.4 Å². The van der Waals surface area contributed by atoms with Crippen molar-refractivity contribution in [2.45, 2.75) is 12.8 Å². The fourth-order valence-electron chi connectivity index (χ4n) is 1.53. The molecule has 2 N–H and O–H groups in total. The SMILES string of the molecule is CNCCNC(=O)C(C)c1cccc(OC)c1. The molecular weight excluding hydrogens is 216 g/mol. The molecule has 4 heteroatoms. The van der Waals surface area contributed by atoms with Gasteiger partial charge in [-0.3, -0.25) is 4.79 Å². The van der Waals surface area contributed by atoms with Crippen LogP contribution in [0.25, 0.3) is 0 Å². The van der Waals surface area contributed by atoms with Crippen LogP contribution in [0.15, 0.2) is 24.3 Å². The maximum Gasteiger partial charge on any atom is 0.227 e. The summed E-state index contributed by atoms with van der Waals surface area (Å²) in [6.45, 7) is 3.31. The maximum atomic E-state index is 11.8. The van der Waals surface area contributed by atoms with Gasteiger partial charge in [0.2, 0.25) is 5.91 Å². The van der Waals surface area contributed by atoms with E-state index in [4.69, 9.17) is 4.74 Å². The smallest absolute Gasteiger partial charge is 0.227 e. The Labute approximate surface area is 102 Å². The number of rotatable bonds is 6. The number of amides is 1. The summed E-state index contributed by atoms with van der Waals surface area (Å²) < 4.78 is 5.14. The highest BCUT2D eigenvalue weighted by Crippen LogP contribution is 2.20. The highest BCUT2D eigenvalue weighted by Gasteiger charge is 2.14. The van der Waals surface area contributed by atoms with Gasteiger partial charge in [0.1, 0.15) is 5.75 Å². The zero-order valence-corrected chi connectivity index (χ0v) is 10.6. The van der Waals surface area contributed by atoms with Crippen molar-refractivity contribution in [2.75, 3.05) is 27.2 Å². The van der Waals surface area contributed by atoms with E-state index in [1.165, 1.54) is 0 Å². The molecule has 0 heterocycles. The van der Waals surface area contributed by atoms with Crippen LogP contribution < -0.4 is 15.4 Å². The van der Waals surface area contributed by atoms with Crippen LogP contribution in [0.2, 0.25) is 0 Å². The number of hydrogen-bond donors (Lipinski definition) is 2. The van der Waals surface area contributed by atoms with Gasteiger partial charge < -0.3 is 15.4 Å². The molecule has 0 aliphatic rings. The third kappa shape index (κ3) is 4.07. The number of likely N-dealkylation sites (N-methyl/N-ethyl adjacent to an activating group) is 1. The lowest BCUT2D eigenvalue weighted by atomic mass is 10.0. The number of nitrogens with one attached hydrogen (secondary N) is 2. The largest absolute Gasteiger partial charge is 0.497 e. The van der Waals surface area contributed by atoms with Gasteiger partial charge in [0.25, 0.3) is 0 Å². The molecule has 1 unspecified atom stereocenters. The second kappa shape index (κ2) is 6.91. The molecule has 0 aliphatic carbocycles. The van der Waals surface area contributed by atoms with E-state index in [1.54, 1.807) is 7.11 Å². The van der Waals surface area contributed by atoms with Crippen LogP contribution in [0, 0.1) is 0 Å². The van der Waals surface area contributed by atoms with E-state index in [2.05, 4.69) is 10.6 Å². The summed E-state index contributed by atoms with van der Waals surface area (Å²) in [6, 6.07) is 7.59. The monoisotopic (exact) mass is 236 g/mol. The van der Waals surface area contributed by atoms with Crippen LogP contribution in [0.4, 0.5) is 0 Å². The minimum atomic E-state index is -0.165. The van der Waals surface area contributed by atoms with Gasteiger partial charge in [-0.25, -0.2) is 0 Å². The van der Waals surface area contributed by atoms with E-state index < -0.39 is 0 Å². The summed E-state index contributed by atoms with van der Waals surface area (Å²) in [5, 5.41) is 5.86. The zero-order chi connectivity index (χ0) is 12.7. The molecule has 0 saturated carbocycles. The van der Waals surface area contributed by atoms with Crippen LogP contribution in [-0.4, -0.2) is 33.2 Å². The Bertz CT molecular complexity index is 366. The molecule has 4 nitrogen and oxygen atoms in total. The number of carbonyl (C=O) groups excluding carboxylic acids is 1. The molecule has 1 aromatic rings. The summed E-state index contributed by atoms with van der Waals surface area (Å²) in [6.07, 6.45) is 0. The third-order valence-corrected chi connectivity index (χ3v) is 2.66. The van der Waals surface area contributed by atoms with E-state index in [0.29, 0.717) is 6.54 Å². The van der Waals surface area contributed by atoms with Gasteiger partial charge in [-0.05, 0) is 31.7 Å². The Kier molecular flexibility index (Phi) is 5.49. The second-order valence-corrected chi connectivity index (χ2v) is 3.89. The normalized spacial score (nSPS) is 11.9. The molecule has 0 saturated heterocycles. The maximum absolute atomic E-state index is 11.8. The number of ether oxygens (including phenoxy) is 1. The van der Waals surface area contributed by atoms with Crippen LogP contribution in [0.3, 0.4) is 0 Å². The number of methoxy groups -OCH3 is 1. The van der Waals surface area contributed by atoms with Crippen LogP contribution >= 0.6 is 0 Å². The predicted octanol–water partition coefficient (Wildman–Crippen LogP) is 1.13. The van der Waals surface area contributed by atoms with Gasteiger partial charge in [0.15, 0.2) is 0 Å². The molecule has 1 atom stereocenters. The van der Waals surface area contributed by atoms with Crippen molar-refractivity contribution in [1.82, 2.24) is 10.6 Å². The Balaban J connectivity index is 2.61. The first-order valence-corrected chi connectivity index (χ1v) is 5.75. The molecule has 1 amide bonds. The molecule has 0 bridgehead atoms. The summed E-state index contributed by atoms with van der Waals surface area (Å²) >= 11 is 0. The summed E-state index contributed by atoms with van der Waals surface area (Å²) in [4.78, 5) is 11.8. The van der Waals surface area contributed by atoms with Crippen molar-refractivity contribution >= 4 is 5.91 Å². The molecule has 17 heavy (non-hydrogen) atoms. The lowest BCUT2D eigenvalue weighted by Crippen LogP contribution is -2.33. The molecule has 1 aromatic carbocycles. The third-order valence-electron chi connectivity index (χ3n) is 2.66. The van der Waals surface area contributed by atoms with E-state index in [1.807, 2.05) is 38.2 Å². The first-order chi connectivity index (χ1) is 8.19. The van der Waals surface area contributed by atoms with Gasteiger partial charge in [-0.2, -0.15) is 0 Å². The number of benzene rings is 1. The molecule has 94 valence electrons. The molecule has 0 radical (unpaired) electrons. The van der Waals surface area contributed by atoms with E-state index in [0.717, 1.165) is 17.9 Å². The van der Waals surface area contributed by atoms with Gasteiger partial charge in [0.05, 0.1) is 13.0 Å². The highest BCUT2D eigenvalue weighted by atomic mass is 16.5. The topological polar surface area (TPSA) is 50.4 Å².